The Labute approximate surface area is 47.2 Å². The fourth-order valence-electron chi connectivity index (χ4n) is 0.235. The van der Waals surface area contributed by atoms with Crippen molar-refractivity contribution in [3.63, 3.8) is 0 Å². The molecule has 3 heterocycles. The fraction of sp³-hybridized carbons (Fsp3) is 0. The van der Waals surface area contributed by atoms with Crippen LogP contribution in [0.25, 0.3) is 0 Å². The second-order valence-electron chi connectivity index (χ2n) is 0.829. The van der Waals surface area contributed by atoms with Crippen molar-refractivity contribution in [3.05, 3.63) is 0 Å². The van der Waals surface area contributed by atoms with Gasteiger partial charge in [0.15, 0.2) is 0 Å². The number of hydrogen-bond donors (Lipinski definition) is 0. The topological polar surface area (TPSA) is 27.7 Å². The fourth-order valence-corrected chi connectivity index (χ4v) is 10.6. The van der Waals surface area contributed by atoms with Crippen LogP contribution in [-0.4, -0.2) is 44.2 Å². The zero-order valence-electron chi connectivity index (χ0n) is 2.25. The van der Waals surface area contributed by atoms with Crippen molar-refractivity contribution in [2.75, 3.05) is 0 Å². The van der Waals surface area contributed by atoms with E-state index in [0.717, 1.165) is 0 Å². The zero-order valence-corrected chi connectivity index (χ0v) is 8.10. The molecule has 2 bridgehead atoms. The van der Waals surface area contributed by atoms with Gasteiger partial charge in [0.2, 0.25) is 0 Å². The van der Waals surface area contributed by atoms with Gasteiger partial charge in [-0.1, -0.05) is 0 Å². The predicted molar refractivity (Wildman–Crippen MR) is 14.8 cm³/mol. The van der Waals surface area contributed by atoms with Crippen molar-refractivity contribution in [2.24, 2.45) is 0 Å². The van der Waals surface area contributed by atoms with Gasteiger partial charge in [0.25, 0.3) is 0 Å². The Bertz CT molecular complexity index is 43.6. The molecule has 0 atom stereocenters. The first-order valence-corrected chi connectivity index (χ1v) is 8.42. The van der Waals surface area contributed by atoms with Crippen molar-refractivity contribution in [3.8, 4) is 0 Å². The number of hydrogen-bond acceptors (Lipinski definition) is 3. The summed E-state index contributed by atoms with van der Waals surface area (Å²) in [5, 5.41) is 0. The van der Waals surface area contributed by atoms with Gasteiger partial charge in [-0.2, -0.15) is 0 Å². The Morgan fingerprint density at radius 1 is 1.20 bits per heavy atom. The Morgan fingerprint density at radius 3 is 1.40 bits per heavy atom. The Kier molecular flexibility index (Phi) is 0.740. The third kappa shape index (κ3) is 0.385. The minimum absolute atomic E-state index is 1.56. The van der Waals surface area contributed by atoms with Crippen LogP contribution in [0.1, 0.15) is 0 Å². The molecule has 0 spiro atoms. The molecule has 3 aliphatic rings. The van der Waals surface area contributed by atoms with Crippen molar-refractivity contribution >= 4 is 44.2 Å². The van der Waals surface area contributed by atoms with Crippen molar-refractivity contribution < 1.29 is 3.40 Å². The van der Waals surface area contributed by atoms with Gasteiger partial charge in [-0.05, 0) is 0 Å². The van der Waals surface area contributed by atoms with E-state index in [0.29, 0.717) is 0 Å². The molecule has 0 N–H and O–H groups in total. The van der Waals surface area contributed by atoms with E-state index in [4.69, 9.17) is 3.40 Å². The van der Waals surface area contributed by atoms with Gasteiger partial charge in [0.1, 0.15) is 0 Å². The molecule has 0 unspecified atom stereocenters. The predicted octanol–water partition coefficient (Wildman–Crippen LogP) is -0.967. The minimum atomic E-state index is -1.77. The van der Waals surface area contributed by atoms with E-state index in [1.54, 1.807) is 0 Å². The van der Waals surface area contributed by atoms with Crippen LogP contribution in [0.2, 0.25) is 0 Å². The van der Waals surface area contributed by atoms with Crippen LogP contribution < -0.4 is 0 Å². The molecule has 0 aromatic rings. The van der Waals surface area contributed by atoms with E-state index >= 15 is 0 Å². The van der Waals surface area contributed by atoms with Crippen LogP contribution >= 0.6 is 0 Å². The Hall–Kier alpha value is 1.57. The first-order chi connectivity index (χ1) is 2.45. The Morgan fingerprint density at radius 2 is 1.40 bits per heavy atom. The van der Waals surface area contributed by atoms with Gasteiger partial charge in [0, 0.05) is 0 Å². The van der Waals surface area contributed by atoms with Gasteiger partial charge >= 0.3 is 47.6 Å². The van der Waals surface area contributed by atoms with Gasteiger partial charge in [-0.25, -0.2) is 0 Å². The van der Waals surface area contributed by atoms with Gasteiger partial charge in [-0.15, -0.1) is 0 Å². The molecule has 0 amide bonds. The molecule has 5 heavy (non-hydrogen) atoms. The van der Waals surface area contributed by atoms with Gasteiger partial charge in [0.05, 0.1) is 0 Å². The van der Waals surface area contributed by atoms with Crippen LogP contribution in [0.5, 0.6) is 0 Å². The van der Waals surface area contributed by atoms with E-state index in [1.165, 1.54) is 0 Å². The molecule has 3 rings (SSSR count). The first-order valence-electron chi connectivity index (χ1n) is 1.25. The molecule has 0 saturated carbocycles. The first kappa shape index (κ1) is 3.56. The summed E-state index contributed by atoms with van der Waals surface area (Å²) in [7, 11) is 0. The SMILES string of the molecule is [O]1[In]2[O][Sb]1[O]2. The molecule has 26 valence electrons. The monoisotopic (exact) mass is 284 g/mol. The van der Waals surface area contributed by atoms with Crippen molar-refractivity contribution in [1.29, 1.82) is 0 Å². The molecular weight excluding hydrogens is 285 g/mol. The van der Waals surface area contributed by atoms with Crippen molar-refractivity contribution in [1.82, 2.24) is 0 Å². The summed E-state index contributed by atoms with van der Waals surface area (Å²) in [6.07, 6.45) is 0. The summed E-state index contributed by atoms with van der Waals surface area (Å²) in [5.74, 6) is 0. The molecule has 5 heteroatoms. The molecule has 3 nitrogen and oxygen atoms in total. The van der Waals surface area contributed by atoms with Gasteiger partial charge < -0.3 is 0 Å². The van der Waals surface area contributed by atoms with Crippen LogP contribution in [0, 0.1) is 0 Å². The maximum atomic E-state index is 4.98. The third-order valence-corrected chi connectivity index (χ3v) is 23.2. The second-order valence-corrected chi connectivity index (χ2v) is 17.7. The van der Waals surface area contributed by atoms with Crippen molar-refractivity contribution in [2.45, 2.75) is 0 Å². The third-order valence-electron chi connectivity index (χ3n) is 0.516. The van der Waals surface area contributed by atoms with Crippen LogP contribution in [0.3, 0.4) is 0 Å². The summed E-state index contributed by atoms with van der Waals surface area (Å²) in [6, 6.07) is 0. The molecule has 3 fully saturated rings. The van der Waals surface area contributed by atoms with E-state index in [9.17, 15) is 0 Å². The van der Waals surface area contributed by atoms with Gasteiger partial charge in [-0.3, -0.25) is 0 Å². The number of rotatable bonds is 0. The standard InChI is InChI=1S/In.3O.Sb. The summed E-state index contributed by atoms with van der Waals surface area (Å²) < 4.78 is 14.9. The van der Waals surface area contributed by atoms with E-state index in [1.807, 2.05) is 0 Å². The van der Waals surface area contributed by atoms with Crippen LogP contribution in [0.15, 0.2) is 0 Å². The maximum absolute atomic E-state index is 4.98. The normalized spacial score (nSPS) is 32.4. The average Bonchev–Trinajstić information content (AvgIpc) is 0.592. The Balaban J connectivity index is 2.19. The van der Waals surface area contributed by atoms with Crippen LogP contribution in [-0.2, 0) is 3.40 Å². The quantitative estimate of drug-likeness (QED) is 0.536. The average molecular weight is 285 g/mol. The van der Waals surface area contributed by atoms with E-state index in [2.05, 4.69) is 0 Å². The zero-order chi connectivity index (χ0) is 3.28. The summed E-state index contributed by atoms with van der Waals surface area (Å²) in [5.41, 5.74) is 0. The molecule has 0 aromatic heterocycles. The molecule has 0 aliphatic carbocycles. The van der Waals surface area contributed by atoms with E-state index < -0.39 is 44.2 Å². The second kappa shape index (κ2) is 1.04. The molecule has 3 saturated heterocycles. The summed E-state index contributed by atoms with van der Waals surface area (Å²) >= 11 is -3.34. The molecular formula is InO3Sb. The molecule has 0 aromatic carbocycles. The van der Waals surface area contributed by atoms with Crippen LogP contribution in [0.4, 0.5) is 0 Å². The molecule has 3 aliphatic heterocycles. The molecule has 0 radical (unpaired) electrons. The summed E-state index contributed by atoms with van der Waals surface area (Å²) in [6.45, 7) is 0. The van der Waals surface area contributed by atoms with E-state index in [-0.39, 0.29) is 0 Å². The summed E-state index contributed by atoms with van der Waals surface area (Å²) in [4.78, 5) is 0.